The van der Waals surface area contributed by atoms with Crippen molar-refractivity contribution in [3.63, 3.8) is 0 Å². The molecule has 0 rings (SSSR count). The van der Waals surface area contributed by atoms with Crippen LogP contribution in [0.25, 0.3) is 0 Å². The van der Waals surface area contributed by atoms with E-state index in [1.165, 1.54) is 64.2 Å². The first-order chi connectivity index (χ1) is 45.0. The maximum absolute atomic E-state index is 12.9. The zero-order valence-corrected chi connectivity index (χ0v) is 59.8. The lowest BCUT2D eigenvalue weighted by Crippen LogP contribution is -2.37. The van der Waals surface area contributed by atoms with E-state index >= 15 is 0 Å². The summed E-state index contributed by atoms with van der Waals surface area (Å²) in [7, 11) is 1.13. The highest BCUT2D eigenvalue weighted by atomic mass is 31.2. The van der Waals surface area contributed by atoms with Crippen LogP contribution in [0, 0.1) is 0 Å². The molecular formula is C82H132NO8P. The van der Waals surface area contributed by atoms with Crippen molar-refractivity contribution in [1.29, 1.82) is 0 Å². The Bertz CT molecular complexity index is 2260. The quantitative estimate of drug-likeness (QED) is 0.0195. The van der Waals surface area contributed by atoms with Crippen molar-refractivity contribution in [3.8, 4) is 0 Å². The topological polar surface area (TPSA) is 111 Å². The second kappa shape index (κ2) is 70.2. The normalized spacial score (nSPS) is 14.3. The molecule has 0 N–H and O–H groups in total. The van der Waals surface area contributed by atoms with Gasteiger partial charge in [0.05, 0.1) is 27.7 Å². The lowest BCUT2D eigenvalue weighted by Gasteiger charge is -2.28. The van der Waals surface area contributed by atoms with Crippen molar-refractivity contribution in [1.82, 2.24) is 0 Å². The van der Waals surface area contributed by atoms with Crippen LogP contribution in [0.5, 0.6) is 0 Å². The molecule has 0 spiro atoms. The van der Waals surface area contributed by atoms with Gasteiger partial charge in [-0.3, -0.25) is 14.2 Å². The van der Waals surface area contributed by atoms with Gasteiger partial charge in [-0.05, 0) is 141 Å². The highest BCUT2D eigenvalue weighted by Crippen LogP contribution is 2.38. The van der Waals surface area contributed by atoms with Crippen molar-refractivity contribution >= 4 is 19.8 Å². The van der Waals surface area contributed by atoms with Gasteiger partial charge in [0, 0.05) is 12.8 Å². The Morgan fingerprint density at radius 3 is 0.870 bits per heavy atom. The molecule has 0 aliphatic heterocycles. The first-order valence-electron chi connectivity index (χ1n) is 36.1. The predicted molar refractivity (Wildman–Crippen MR) is 396 cm³/mol. The summed E-state index contributed by atoms with van der Waals surface area (Å²) in [5.74, 6) is -0.868. The first-order valence-corrected chi connectivity index (χ1v) is 37.6. The summed E-state index contributed by atoms with van der Waals surface area (Å²) in [5.41, 5.74) is 0. The molecule has 0 radical (unpaired) electrons. The lowest BCUT2D eigenvalue weighted by atomic mass is 10.0. The molecule has 2 unspecified atom stereocenters. The molecular weight excluding hydrogens is 1160 g/mol. The van der Waals surface area contributed by atoms with Gasteiger partial charge in [-0.25, -0.2) is 0 Å². The van der Waals surface area contributed by atoms with Crippen molar-refractivity contribution in [2.24, 2.45) is 0 Å². The van der Waals surface area contributed by atoms with Gasteiger partial charge in [0.15, 0.2) is 6.10 Å². The minimum Gasteiger partial charge on any atom is -0.756 e. The lowest BCUT2D eigenvalue weighted by molar-refractivity contribution is -0.870. The van der Waals surface area contributed by atoms with E-state index in [0.717, 1.165) is 154 Å². The molecule has 0 aromatic heterocycles. The fraction of sp³-hybridized carbons (Fsp3) is 0.585. The molecule has 0 aliphatic rings. The number of unbranched alkanes of at least 4 members (excludes halogenated alkanes) is 18. The van der Waals surface area contributed by atoms with E-state index in [2.05, 4.69) is 208 Å². The van der Waals surface area contributed by atoms with E-state index in [4.69, 9.17) is 18.5 Å². The van der Waals surface area contributed by atoms with Crippen LogP contribution in [0.2, 0.25) is 0 Å². The molecule has 518 valence electrons. The molecule has 0 saturated carbocycles. The van der Waals surface area contributed by atoms with Crippen LogP contribution in [0.1, 0.15) is 258 Å². The number of ether oxygens (including phenoxy) is 2. The number of carbonyl (C=O) groups is 2. The van der Waals surface area contributed by atoms with Crippen LogP contribution < -0.4 is 4.89 Å². The monoisotopic (exact) mass is 1290 g/mol. The van der Waals surface area contributed by atoms with E-state index < -0.39 is 32.5 Å². The van der Waals surface area contributed by atoms with Crippen LogP contribution in [0.4, 0.5) is 0 Å². The molecule has 9 nitrogen and oxygen atoms in total. The summed E-state index contributed by atoms with van der Waals surface area (Å²) in [4.78, 5) is 38.1. The van der Waals surface area contributed by atoms with Gasteiger partial charge >= 0.3 is 11.9 Å². The van der Waals surface area contributed by atoms with Gasteiger partial charge in [-0.1, -0.05) is 298 Å². The van der Waals surface area contributed by atoms with Gasteiger partial charge in [0.25, 0.3) is 7.82 Å². The highest BCUT2D eigenvalue weighted by molar-refractivity contribution is 7.45. The summed E-state index contributed by atoms with van der Waals surface area (Å²) in [5, 5.41) is 0. The third kappa shape index (κ3) is 73.9. The number of carbonyl (C=O) groups excluding carboxylic acids is 2. The van der Waals surface area contributed by atoms with E-state index in [9.17, 15) is 19.0 Å². The smallest absolute Gasteiger partial charge is 0.306 e. The number of likely N-dealkylation sites (N-methyl/N-ethyl adjacent to an activating group) is 1. The average Bonchev–Trinajstić information content (AvgIpc) is 2.23. The Morgan fingerprint density at radius 1 is 0.337 bits per heavy atom. The molecule has 10 heteroatoms. The number of nitrogens with zero attached hydrogens (tertiary/aromatic N) is 1. The van der Waals surface area contributed by atoms with Gasteiger partial charge in [0.2, 0.25) is 0 Å². The molecule has 92 heavy (non-hydrogen) atoms. The van der Waals surface area contributed by atoms with Crippen molar-refractivity contribution < 1.29 is 42.1 Å². The second-order valence-corrected chi connectivity index (χ2v) is 25.9. The number of rotatable bonds is 64. The van der Waals surface area contributed by atoms with Crippen molar-refractivity contribution in [2.75, 3.05) is 47.5 Å². The van der Waals surface area contributed by atoms with E-state index in [1.54, 1.807) is 0 Å². The molecule has 0 saturated heterocycles. The number of hydrogen-bond donors (Lipinski definition) is 0. The number of quaternary nitrogens is 1. The van der Waals surface area contributed by atoms with E-state index in [0.29, 0.717) is 23.9 Å². The SMILES string of the molecule is CC/C=C\C/C=C\C/C=C\C/C=C\C/C=C\C/C=C\C/C=C\C/C=C\C/C=C\CCCCCCCC(=O)OC(COC(=O)CCCCCCCCCCCCCCC/C=C\C/C=C\C/C=C\C/C=C\C/C=C\C/C=C\C/C=C\CC)COP(=O)([O-])OCC[N+](C)(C)C. The molecule has 0 aromatic rings. The van der Waals surface area contributed by atoms with Crippen LogP contribution in [-0.2, 0) is 32.7 Å². The van der Waals surface area contributed by atoms with E-state index in [-0.39, 0.29) is 26.1 Å². The summed E-state index contributed by atoms with van der Waals surface area (Å²) in [6.45, 7) is 3.97. The number of esters is 2. The Balaban J connectivity index is 4.15. The van der Waals surface area contributed by atoms with Gasteiger partial charge in [0.1, 0.15) is 19.8 Å². The molecule has 0 amide bonds. The Morgan fingerprint density at radius 2 is 0.587 bits per heavy atom. The Kier molecular flexibility index (Phi) is 66.2. The van der Waals surface area contributed by atoms with Crippen LogP contribution in [0.15, 0.2) is 194 Å². The maximum Gasteiger partial charge on any atom is 0.306 e. The minimum atomic E-state index is -4.66. The summed E-state index contributed by atoms with van der Waals surface area (Å²) < 4.78 is 34.3. The third-order valence-electron chi connectivity index (χ3n) is 14.6. The molecule has 0 bridgehead atoms. The molecule has 0 aliphatic carbocycles. The Labute approximate surface area is 564 Å². The van der Waals surface area contributed by atoms with Gasteiger partial charge in [-0.15, -0.1) is 0 Å². The van der Waals surface area contributed by atoms with E-state index in [1.807, 2.05) is 21.1 Å². The molecule has 0 fully saturated rings. The molecule has 0 heterocycles. The number of allylic oxidation sites excluding steroid dienone is 32. The average molecular weight is 1290 g/mol. The molecule has 0 aromatic carbocycles. The first kappa shape index (κ1) is 86.9. The largest absolute Gasteiger partial charge is 0.756 e. The Hall–Kier alpha value is -5.15. The zero-order valence-electron chi connectivity index (χ0n) is 58.9. The fourth-order valence-electron chi connectivity index (χ4n) is 9.16. The van der Waals surface area contributed by atoms with Crippen LogP contribution in [-0.4, -0.2) is 70.0 Å². The summed E-state index contributed by atoms with van der Waals surface area (Å²) >= 11 is 0. The van der Waals surface area contributed by atoms with Crippen LogP contribution >= 0.6 is 7.82 Å². The number of hydrogen-bond acceptors (Lipinski definition) is 8. The zero-order chi connectivity index (χ0) is 66.9. The second-order valence-electron chi connectivity index (χ2n) is 24.5. The predicted octanol–water partition coefficient (Wildman–Crippen LogP) is 23.4. The van der Waals surface area contributed by atoms with Crippen molar-refractivity contribution in [3.05, 3.63) is 194 Å². The van der Waals surface area contributed by atoms with Gasteiger partial charge in [-0.2, -0.15) is 0 Å². The maximum atomic E-state index is 12.9. The third-order valence-corrected chi connectivity index (χ3v) is 15.6. The van der Waals surface area contributed by atoms with Crippen molar-refractivity contribution in [2.45, 2.75) is 264 Å². The van der Waals surface area contributed by atoms with Crippen LogP contribution in [0.3, 0.4) is 0 Å². The number of phosphoric acid groups is 1. The minimum absolute atomic E-state index is 0.0453. The standard InChI is InChI=1S/C82H132NO8P/c1-6-8-10-12-14-16-18-20-22-24-26-28-30-32-34-36-38-40-41-43-44-46-48-50-52-54-56-58-60-62-64-66-68-70-72-74-81(84)88-78-80(79-90-92(86,87)89-77-76-83(3,4)5)91-82(85)75-73-71-69-67-65-63-61-59-57-55-53-51-49-47-45-42-39-37-35-33-31-29-27-25-23-21-19-17-15-13-11-9-7-2/h8-11,14-17,20-23,26-29,32-35,38-40,42-44,47,49,53,55,59,61,80H,6-7,12-13,18-19,24-25,30-31,36-37,41,45-46,48,50-52,54,56-58,60,62-79H2,1-5H3/b10-8-,11-9-,16-14-,17-15-,22-20-,23-21-,28-26-,29-27-,34-32-,35-33-,40-38-,42-39-,44-43-,49-47-,55-53-,61-59-. The number of phosphoric ester groups is 1. The van der Waals surface area contributed by atoms with Gasteiger partial charge < -0.3 is 27.9 Å². The summed E-state index contributed by atoms with van der Waals surface area (Å²) in [6, 6.07) is 0. The fourth-order valence-corrected chi connectivity index (χ4v) is 9.89. The summed E-state index contributed by atoms with van der Waals surface area (Å²) in [6.07, 6.45) is 109. The molecule has 2 atom stereocenters. The highest BCUT2D eigenvalue weighted by Gasteiger charge is 2.22.